The molecule has 0 fully saturated rings. The van der Waals surface area contributed by atoms with Gasteiger partial charge in [-0.3, -0.25) is 9.59 Å². The Labute approximate surface area is 156 Å². The van der Waals surface area contributed by atoms with E-state index in [2.05, 4.69) is 15.6 Å². The van der Waals surface area contributed by atoms with Crippen LogP contribution in [0.25, 0.3) is 10.8 Å². The lowest BCUT2D eigenvalue weighted by molar-refractivity contribution is -0.118. The fourth-order valence-corrected chi connectivity index (χ4v) is 3.35. The van der Waals surface area contributed by atoms with Crippen LogP contribution in [0.3, 0.4) is 0 Å². The number of aromatic nitrogens is 1. The summed E-state index contributed by atoms with van der Waals surface area (Å²) < 4.78 is 10.9. The lowest BCUT2D eigenvalue weighted by atomic mass is 10.2. The van der Waals surface area contributed by atoms with Crippen molar-refractivity contribution in [2.75, 3.05) is 17.2 Å². The number of nitrogens with one attached hydrogen (secondary N) is 2. The zero-order valence-electron chi connectivity index (χ0n) is 13.5. The first-order valence-corrected chi connectivity index (χ1v) is 8.86. The minimum atomic E-state index is -0.448. The van der Waals surface area contributed by atoms with Crippen LogP contribution >= 0.6 is 22.9 Å². The molecular formula is C17H12ClN3O4S. The van der Waals surface area contributed by atoms with E-state index in [-0.39, 0.29) is 23.2 Å². The molecule has 2 amide bonds. The van der Waals surface area contributed by atoms with Gasteiger partial charge in [0.15, 0.2) is 12.3 Å². The molecule has 132 valence electrons. The number of aryl methyl sites for hydroxylation is 1. The lowest BCUT2D eigenvalue weighted by Crippen LogP contribution is -2.25. The maximum Gasteiger partial charge on any atom is 0.277 e. The first kappa shape index (κ1) is 16.6. The van der Waals surface area contributed by atoms with E-state index in [1.807, 2.05) is 17.5 Å². The predicted molar refractivity (Wildman–Crippen MR) is 98.1 cm³/mol. The highest BCUT2D eigenvalue weighted by molar-refractivity contribution is 7.13. The number of hydrogen-bond acceptors (Lipinski definition) is 6. The van der Waals surface area contributed by atoms with Crippen molar-refractivity contribution in [2.24, 2.45) is 0 Å². The van der Waals surface area contributed by atoms with Crippen molar-refractivity contribution in [3.63, 3.8) is 0 Å². The van der Waals surface area contributed by atoms with E-state index in [4.69, 9.17) is 20.8 Å². The number of benzene rings is 1. The molecular weight excluding hydrogens is 378 g/mol. The molecule has 2 N–H and O–H groups in total. The van der Waals surface area contributed by atoms with E-state index in [0.29, 0.717) is 28.8 Å². The van der Waals surface area contributed by atoms with Gasteiger partial charge in [-0.2, -0.15) is 0 Å². The SMILES string of the molecule is Cc1oc(-c2cccs2)nc1C(=O)Nc1cc2c(cc1Cl)NC(=O)CO2. The monoisotopic (exact) mass is 389 g/mol. The Balaban J connectivity index is 1.60. The average Bonchev–Trinajstić information content (AvgIpc) is 3.25. The van der Waals surface area contributed by atoms with Crippen LogP contribution in [0.15, 0.2) is 34.1 Å². The van der Waals surface area contributed by atoms with Crippen molar-refractivity contribution in [1.82, 2.24) is 4.98 Å². The number of ether oxygens (including phenoxy) is 1. The van der Waals surface area contributed by atoms with Crippen LogP contribution in [0.2, 0.25) is 5.02 Å². The van der Waals surface area contributed by atoms with Crippen molar-refractivity contribution in [1.29, 1.82) is 0 Å². The van der Waals surface area contributed by atoms with Crippen LogP contribution in [0.1, 0.15) is 16.2 Å². The van der Waals surface area contributed by atoms with Crippen LogP contribution in [0, 0.1) is 6.92 Å². The highest BCUT2D eigenvalue weighted by atomic mass is 35.5. The molecule has 3 aromatic rings. The quantitative estimate of drug-likeness (QED) is 0.707. The maximum absolute atomic E-state index is 12.6. The van der Waals surface area contributed by atoms with Crippen LogP contribution in [0.4, 0.5) is 11.4 Å². The van der Waals surface area contributed by atoms with Gasteiger partial charge in [-0.05, 0) is 24.4 Å². The van der Waals surface area contributed by atoms with Gasteiger partial charge in [0.25, 0.3) is 11.8 Å². The number of rotatable bonds is 3. The number of thiophene rings is 1. The molecule has 0 spiro atoms. The van der Waals surface area contributed by atoms with E-state index < -0.39 is 5.91 Å². The summed E-state index contributed by atoms with van der Waals surface area (Å²) in [5, 5.41) is 7.53. The first-order chi connectivity index (χ1) is 12.5. The molecule has 3 heterocycles. The fraction of sp³-hybridized carbons (Fsp3) is 0.118. The van der Waals surface area contributed by atoms with Crippen LogP contribution in [-0.2, 0) is 4.79 Å². The summed E-state index contributed by atoms with van der Waals surface area (Å²) >= 11 is 7.67. The fourth-order valence-electron chi connectivity index (χ4n) is 2.49. The Morgan fingerprint density at radius 1 is 1.42 bits per heavy atom. The normalized spacial score (nSPS) is 12.9. The van der Waals surface area contributed by atoms with Gasteiger partial charge < -0.3 is 19.8 Å². The first-order valence-electron chi connectivity index (χ1n) is 7.60. The number of anilines is 2. The third-order valence-corrected chi connectivity index (χ3v) is 4.86. The van der Waals surface area contributed by atoms with Crippen molar-refractivity contribution in [3.05, 3.63) is 46.1 Å². The van der Waals surface area contributed by atoms with Crippen LogP contribution in [0.5, 0.6) is 5.75 Å². The zero-order valence-corrected chi connectivity index (χ0v) is 15.0. The van der Waals surface area contributed by atoms with E-state index in [0.717, 1.165) is 4.88 Å². The number of hydrogen-bond donors (Lipinski definition) is 2. The minimum absolute atomic E-state index is 0.0887. The van der Waals surface area contributed by atoms with Crippen molar-refractivity contribution >= 4 is 46.1 Å². The van der Waals surface area contributed by atoms with Crippen molar-refractivity contribution < 1.29 is 18.7 Å². The molecule has 1 aromatic carbocycles. The third-order valence-electron chi connectivity index (χ3n) is 3.69. The molecule has 0 unspecified atom stereocenters. The molecule has 2 aromatic heterocycles. The largest absolute Gasteiger partial charge is 0.482 e. The zero-order chi connectivity index (χ0) is 18.3. The summed E-state index contributed by atoms with van der Waals surface area (Å²) in [7, 11) is 0. The van der Waals surface area contributed by atoms with Crippen LogP contribution in [-0.4, -0.2) is 23.4 Å². The van der Waals surface area contributed by atoms with Gasteiger partial charge in [-0.25, -0.2) is 4.98 Å². The molecule has 1 aliphatic heterocycles. The Morgan fingerprint density at radius 2 is 2.27 bits per heavy atom. The molecule has 7 nitrogen and oxygen atoms in total. The van der Waals surface area contributed by atoms with Gasteiger partial charge in [0, 0.05) is 6.07 Å². The molecule has 9 heteroatoms. The van der Waals surface area contributed by atoms with Gasteiger partial charge in [0.2, 0.25) is 5.89 Å². The van der Waals surface area contributed by atoms with E-state index in [9.17, 15) is 9.59 Å². The lowest BCUT2D eigenvalue weighted by Gasteiger charge is -2.19. The van der Waals surface area contributed by atoms with Gasteiger partial charge in [0.05, 0.1) is 21.3 Å². The number of carbonyl (C=O) groups excluding carboxylic acids is 2. The average molecular weight is 390 g/mol. The number of amides is 2. The van der Waals surface area contributed by atoms with E-state index >= 15 is 0 Å². The summed E-state index contributed by atoms with van der Waals surface area (Å²) in [6.45, 7) is 1.58. The molecule has 0 aliphatic carbocycles. The Kier molecular flexibility index (Phi) is 4.14. The molecule has 26 heavy (non-hydrogen) atoms. The molecule has 0 saturated carbocycles. The highest BCUT2D eigenvalue weighted by Crippen LogP contribution is 2.36. The number of carbonyl (C=O) groups is 2. The second-order valence-electron chi connectivity index (χ2n) is 5.52. The number of halogens is 1. The number of oxazole rings is 1. The van der Waals surface area contributed by atoms with Gasteiger partial charge in [0.1, 0.15) is 11.5 Å². The Bertz CT molecular complexity index is 1010. The standard InChI is InChI=1S/C17H12ClN3O4S/c1-8-15(21-17(25-8)13-3-2-4-26-13)16(23)20-10-6-12-11(5-9(10)18)19-14(22)7-24-12/h2-6H,7H2,1H3,(H,19,22)(H,20,23). The van der Waals surface area contributed by atoms with E-state index in [1.165, 1.54) is 17.4 Å². The molecule has 0 bridgehead atoms. The smallest absolute Gasteiger partial charge is 0.277 e. The summed E-state index contributed by atoms with van der Waals surface area (Å²) in [4.78, 5) is 29.1. The van der Waals surface area contributed by atoms with Gasteiger partial charge in [-0.15, -0.1) is 11.3 Å². The van der Waals surface area contributed by atoms with Gasteiger partial charge >= 0.3 is 0 Å². The topological polar surface area (TPSA) is 93.5 Å². The Hall–Kier alpha value is -2.84. The van der Waals surface area contributed by atoms with Crippen molar-refractivity contribution in [2.45, 2.75) is 6.92 Å². The maximum atomic E-state index is 12.6. The van der Waals surface area contributed by atoms with Crippen molar-refractivity contribution in [3.8, 4) is 16.5 Å². The Morgan fingerprint density at radius 3 is 3.04 bits per heavy atom. The predicted octanol–water partition coefficient (Wildman–Crippen LogP) is 3.95. The van der Waals surface area contributed by atoms with Gasteiger partial charge in [-0.1, -0.05) is 17.7 Å². The highest BCUT2D eigenvalue weighted by Gasteiger charge is 2.22. The summed E-state index contributed by atoms with van der Waals surface area (Å²) in [6.07, 6.45) is 0. The second kappa shape index (κ2) is 6.47. The summed E-state index contributed by atoms with van der Waals surface area (Å²) in [6, 6.07) is 6.83. The number of nitrogens with zero attached hydrogens (tertiary/aromatic N) is 1. The van der Waals surface area contributed by atoms with E-state index in [1.54, 1.807) is 13.0 Å². The number of fused-ring (bicyclic) bond motifs is 1. The molecule has 0 saturated heterocycles. The molecule has 4 rings (SSSR count). The molecule has 1 aliphatic rings. The summed E-state index contributed by atoms with van der Waals surface area (Å²) in [5.74, 6) is 0.523. The second-order valence-corrected chi connectivity index (χ2v) is 6.88. The summed E-state index contributed by atoms with van der Waals surface area (Å²) in [5.41, 5.74) is 0.991. The molecule has 0 atom stereocenters. The molecule has 0 radical (unpaired) electrons. The minimum Gasteiger partial charge on any atom is -0.482 e. The van der Waals surface area contributed by atoms with Crippen LogP contribution < -0.4 is 15.4 Å². The third kappa shape index (κ3) is 3.04.